The highest BCUT2D eigenvalue weighted by Gasteiger charge is 2.25. The van der Waals surface area contributed by atoms with Crippen LogP contribution in [0.4, 0.5) is 19.0 Å². The Morgan fingerprint density at radius 2 is 1.97 bits per heavy atom. The van der Waals surface area contributed by atoms with E-state index in [1.54, 1.807) is 20.0 Å². The van der Waals surface area contributed by atoms with E-state index in [2.05, 4.69) is 20.2 Å². The molecular formula is C22H24F3N5O2. The molecule has 0 aliphatic carbocycles. The Balaban J connectivity index is 1.75. The van der Waals surface area contributed by atoms with E-state index in [-0.39, 0.29) is 11.1 Å². The first-order chi connectivity index (χ1) is 15.3. The third-order valence-electron chi connectivity index (χ3n) is 5.76. The van der Waals surface area contributed by atoms with E-state index >= 15 is 0 Å². The fourth-order valence-electron chi connectivity index (χ4n) is 3.96. The van der Waals surface area contributed by atoms with E-state index in [1.165, 1.54) is 23.0 Å². The molecule has 170 valence electrons. The second-order valence-electron chi connectivity index (χ2n) is 7.96. The van der Waals surface area contributed by atoms with Crippen molar-refractivity contribution in [3.8, 4) is 0 Å². The Bertz CT molecular complexity index is 1200. The van der Waals surface area contributed by atoms with Crippen molar-refractivity contribution in [2.45, 2.75) is 25.5 Å². The SMILES string of the molecule is C[C@@H](Nc1ncnc2c1cc(C1CN(C)CCO1)c(=O)n2C)c1cccc(C(F)F)c1F. The average molecular weight is 447 g/mol. The zero-order valence-electron chi connectivity index (χ0n) is 18.0. The zero-order valence-corrected chi connectivity index (χ0v) is 18.0. The van der Waals surface area contributed by atoms with Crippen molar-refractivity contribution in [2.75, 3.05) is 32.1 Å². The Labute approximate surface area is 182 Å². The van der Waals surface area contributed by atoms with Crippen molar-refractivity contribution < 1.29 is 17.9 Å². The standard InChI is InChI=1S/C22H24F3N5O2/c1-12(13-5-4-6-14(18(13)23)19(24)25)28-20-16-9-15(17-10-29(2)7-8-32-17)22(31)30(3)21(16)27-11-26-20/h4-6,9,11-12,17,19H,7-8,10H2,1-3H3,(H,26,27,28)/t12-,17?/m1/s1. The number of nitrogens with zero attached hydrogens (tertiary/aromatic N) is 4. The summed E-state index contributed by atoms with van der Waals surface area (Å²) in [5, 5.41) is 3.65. The van der Waals surface area contributed by atoms with E-state index in [0.29, 0.717) is 35.6 Å². The number of ether oxygens (including phenoxy) is 1. The van der Waals surface area contributed by atoms with Gasteiger partial charge in [0.1, 0.15) is 29.7 Å². The van der Waals surface area contributed by atoms with Crippen molar-refractivity contribution in [3.05, 3.63) is 63.5 Å². The molecule has 1 N–H and O–H groups in total. The highest BCUT2D eigenvalue weighted by atomic mass is 19.3. The number of alkyl halides is 2. The number of benzene rings is 1. The number of hydrogen-bond donors (Lipinski definition) is 1. The Kier molecular flexibility index (Phi) is 6.16. The van der Waals surface area contributed by atoms with Crippen LogP contribution in [-0.2, 0) is 11.8 Å². The van der Waals surface area contributed by atoms with Gasteiger partial charge in [0.15, 0.2) is 0 Å². The number of rotatable bonds is 5. The van der Waals surface area contributed by atoms with Crippen LogP contribution in [0.3, 0.4) is 0 Å². The lowest BCUT2D eigenvalue weighted by Gasteiger charge is -2.30. The van der Waals surface area contributed by atoms with Gasteiger partial charge in [0, 0.05) is 31.3 Å². The van der Waals surface area contributed by atoms with E-state index in [9.17, 15) is 18.0 Å². The predicted molar refractivity (Wildman–Crippen MR) is 114 cm³/mol. The van der Waals surface area contributed by atoms with Crippen LogP contribution in [-0.4, -0.2) is 46.2 Å². The lowest BCUT2D eigenvalue weighted by atomic mass is 10.0. The molecule has 0 spiro atoms. The topological polar surface area (TPSA) is 72.3 Å². The minimum Gasteiger partial charge on any atom is -0.371 e. The Morgan fingerprint density at radius 3 is 2.69 bits per heavy atom. The van der Waals surface area contributed by atoms with E-state index < -0.39 is 30.0 Å². The van der Waals surface area contributed by atoms with Gasteiger partial charge in [-0.1, -0.05) is 18.2 Å². The molecule has 2 aromatic heterocycles. The molecule has 1 fully saturated rings. The van der Waals surface area contributed by atoms with Gasteiger partial charge in [0.05, 0.1) is 23.6 Å². The summed E-state index contributed by atoms with van der Waals surface area (Å²) in [7, 11) is 3.58. The number of anilines is 1. The van der Waals surface area contributed by atoms with Crippen molar-refractivity contribution in [1.29, 1.82) is 0 Å². The van der Waals surface area contributed by atoms with Crippen LogP contribution in [0.1, 0.15) is 42.2 Å². The molecular weight excluding hydrogens is 423 g/mol. The van der Waals surface area contributed by atoms with Gasteiger partial charge >= 0.3 is 0 Å². The normalized spacial score (nSPS) is 18.3. The molecule has 0 amide bonds. The molecule has 1 aromatic carbocycles. The summed E-state index contributed by atoms with van der Waals surface area (Å²) >= 11 is 0. The first kappa shape index (κ1) is 22.2. The van der Waals surface area contributed by atoms with Gasteiger partial charge in [-0.05, 0) is 20.0 Å². The van der Waals surface area contributed by atoms with Gasteiger partial charge in [0.25, 0.3) is 12.0 Å². The Hall–Kier alpha value is -2.98. The predicted octanol–water partition coefficient (Wildman–Crippen LogP) is 3.58. The minimum absolute atomic E-state index is 0.0943. The summed E-state index contributed by atoms with van der Waals surface area (Å²) in [5.41, 5.74) is 0.104. The fourth-order valence-corrected chi connectivity index (χ4v) is 3.96. The van der Waals surface area contributed by atoms with Crippen LogP contribution in [0.5, 0.6) is 0 Å². The molecule has 4 rings (SSSR count). The van der Waals surface area contributed by atoms with Crippen molar-refractivity contribution >= 4 is 16.9 Å². The molecule has 7 nitrogen and oxygen atoms in total. The number of pyridine rings is 1. The van der Waals surface area contributed by atoms with E-state index in [0.717, 1.165) is 12.6 Å². The monoisotopic (exact) mass is 447 g/mol. The van der Waals surface area contributed by atoms with Gasteiger partial charge in [-0.25, -0.2) is 23.1 Å². The van der Waals surface area contributed by atoms with Gasteiger partial charge in [-0.15, -0.1) is 0 Å². The molecule has 1 aliphatic heterocycles. The van der Waals surface area contributed by atoms with Gasteiger partial charge in [-0.3, -0.25) is 9.36 Å². The number of aromatic nitrogens is 3. The lowest BCUT2D eigenvalue weighted by molar-refractivity contribution is -0.0216. The molecule has 1 unspecified atom stereocenters. The summed E-state index contributed by atoms with van der Waals surface area (Å²) in [4.78, 5) is 23.5. The first-order valence-corrected chi connectivity index (χ1v) is 10.3. The molecule has 3 aromatic rings. The number of hydrogen-bond acceptors (Lipinski definition) is 6. The first-order valence-electron chi connectivity index (χ1n) is 10.3. The number of aryl methyl sites for hydroxylation is 1. The fraction of sp³-hybridized carbons (Fsp3) is 0.409. The third kappa shape index (κ3) is 4.07. The van der Waals surface area contributed by atoms with Crippen molar-refractivity contribution in [3.63, 3.8) is 0 Å². The van der Waals surface area contributed by atoms with E-state index in [4.69, 9.17) is 4.74 Å². The van der Waals surface area contributed by atoms with Gasteiger partial charge < -0.3 is 15.0 Å². The molecule has 0 saturated carbocycles. The molecule has 3 heterocycles. The summed E-state index contributed by atoms with van der Waals surface area (Å²) in [5.74, 6) is -0.585. The summed E-state index contributed by atoms with van der Waals surface area (Å²) in [6.07, 6.45) is -2.01. The largest absolute Gasteiger partial charge is 0.371 e. The average Bonchev–Trinajstić information content (AvgIpc) is 2.76. The van der Waals surface area contributed by atoms with Crippen LogP contribution < -0.4 is 10.9 Å². The highest BCUT2D eigenvalue weighted by molar-refractivity contribution is 5.87. The maximum Gasteiger partial charge on any atom is 0.266 e. The van der Waals surface area contributed by atoms with Crippen molar-refractivity contribution in [1.82, 2.24) is 19.4 Å². The number of morpholine rings is 1. The summed E-state index contributed by atoms with van der Waals surface area (Å²) < 4.78 is 48.1. The number of fused-ring (bicyclic) bond motifs is 1. The second-order valence-corrected chi connectivity index (χ2v) is 7.96. The number of halogens is 3. The van der Waals surface area contributed by atoms with Crippen LogP contribution in [0, 0.1) is 5.82 Å². The van der Waals surface area contributed by atoms with Crippen LogP contribution >= 0.6 is 0 Å². The molecule has 2 atom stereocenters. The molecule has 10 heteroatoms. The van der Waals surface area contributed by atoms with Gasteiger partial charge in [0.2, 0.25) is 0 Å². The Morgan fingerprint density at radius 1 is 1.22 bits per heavy atom. The highest BCUT2D eigenvalue weighted by Crippen LogP contribution is 2.30. The third-order valence-corrected chi connectivity index (χ3v) is 5.76. The number of nitrogens with one attached hydrogen (secondary N) is 1. The lowest BCUT2D eigenvalue weighted by Crippen LogP contribution is -2.38. The molecule has 32 heavy (non-hydrogen) atoms. The smallest absolute Gasteiger partial charge is 0.266 e. The second kappa shape index (κ2) is 8.87. The maximum absolute atomic E-state index is 14.6. The van der Waals surface area contributed by atoms with Crippen LogP contribution in [0.15, 0.2) is 35.4 Å². The summed E-state index contributed by atoms with van der Waals surface area (Å²) in [6.45, 7) is 3.51. The number of likely N-dealkylation sites (N-methyl/N-ethyl adjacent to an activating group) is 1. The van der Waals surface area contributed by atoms with Crippen LogP contribution in [0.25, 0.3) is 11.0 Å². The van der Waals surface area contributed by atoms with E-state index in [1.807, 2.05) is 7.05 Å². The molecule has 0 radical (unpaired) electrons. The molecule has 0 bridgehead atoms. The maximum atomic E-state index is 14.6. The minimum atomic E-state index is -2.91. The van der Waals surface area contributed by atoms with Gasteiger partial charge in [-0.2, -0.15) is 0 Å². The van der Waals surface area contributed by atoms with Crippen LogP contribution in [0.2, 0.25) is 0 Å². The van der Waals surface area contributed by atoms with Crippen molar-refractivity contribution in [2.24, 2.45) is 7.05 Å². The summed E-state index contributed by atoms with van der Waals surface area (Å²) in [6, 6.07) is 4.95. The zero-order chi connectivity index (χ0) is 23.0. The molecule has 1 aliphatic rings. The molecule has 1 saturated heterocycles. The quantitative estimate of drug-likeness (QED) is 0.645.